The van der Waals surface area contributed by atoms with Crippen LogP contribution >= 0.6 is 11.8 Å². The molecule has 2 aliphatic rings. The van der Waals surface area contributed by atoms with Crippen molar-refractivity contribution in [3.05, 3.63) is 35.9 Å². The van der Waals surface area contributed by atoms with Gasteiger partial charge in [-0.05, 0) is 114 Å². The Labute approximate surface area is 494 Å². The molecule has 84 heavy (non-hydrogen) atoms. The van der Waals surface area contributed by atoms with Crippen molar-refractivity contribution in [2.24, 2.45) is 51.0 Å². The zero-order valence-electron chi connectivity index (χ0n) is 48.4. The second-order valence-electron chi connectivity index (χ2n) is 21.4. The predicted molar refractivity (Wildman–Crippen MR) is 314 cm³/mol. The van der Waals surface area contributed by atoms with Gasteiger partial charge in [-0.2, -0.15) is 11.8 Å². The van der Waals surface area contributed by atoms with Crippen LogP contribution in [0.25, 0.3) is 0 Å². The maximum absolute atomic E-state index is 14.5. The molecule has 21 N–H and O–H groups in total. The number of nitrogens with zero attached hydrogens (tertiary/aromatic N) is 3. The van der Waals surface area contributed by atoms with E-state index in [0.717, 1.165) is 0 Å². The number of hydrogen-bond acceptors (Lipinski definition) is 16. The fraction of sp³-hybridized carbons (Fsp3) is 0.648. The number of likely N-dealkylation sites (tertiary alicyclic amines) is 2. The third-order valence-corrected chi connectivity index (χ3v) is 14.8. The molecule has 0 aromatic heterocycles. The van der Waals surface area contributed by atoms with Gasteiger partial charge in [0, 0.05) is 38.9 Å². The lowest BCUT2D eigenvalue weighted by molar-refractivity contribution is -0.144. The van der Waals surface area contributed by atoms with Gasteiger partial charge in [-0.1, -0.05) is 44.2 Å². The maximum atomic E-state index is 14.5. The molecule has 1 aromatic rings. The molecule has 2 aliphatic heterocycles. The van der Waals surface area contributed by atoms with Crippen LogP contribution in [0.15, 0.2) is 35.3 Å². The first-order chi connectivity index (χ1) is 39.9. The monoisotopic (exact) mass is 1200 g/mol. The second-order valence-corrected chi connectivity index (χ2v) is 22.4. The van der Waals surface area contributed by atoms with Gasteiger partial charge in [0.1, 0.15) is 48.3 Å². The number of thioether (sulfide) groups is 1. The van der Waals surface area contributed by atoms with E-state index >= 15 is 0 Å². The lowest BCUT2D eigenvalue weighted by Gasteiger charge is -2.32. The average Bonchev–Trinajstić information content (AvgIpc) is 4.25. The number of rotatable bonds is 38. The Morgan fingerprint density at radius 2 is 1.14 bits per heavy atom. The molecular weight excluding hydrogens is 1110 g/mol. The molecule has 1 aromatic carbocycles. The van der Waals surface area contributed by atoms with Gasteiger partial charge in [0.15, 0.2) is 5.96 Å². The minimum atomic E-state index is -1.59. The summed E-state index contributed by atoms with van der Waals surface area (Å²) in [5, 5.41) is 18.2. The van der Waals surface area contributed by atoms with E-state index in [-0.39, 0.29) is 76.5 Å². The number of guanidine groups is 1. The summed E-state index contributed by atoms with van der Waals surface area (Å²) < 4.78 is 0. The zero-order chi connectivity index (χ0) is 62.5. The Morgan fingerprint density at radius 3 is 1.68 bits per heavy atom. The van der Waals surface area contributed by atoms with Crippen LogP contribution in [0.4, 0.5) is 0 Å². The molecule has 3 rings (SSSR count). The average molecular weight is 1200 g/mol. The number of aliphatic imine (C=N–C) groups is 1. The number of carbonyl (C=O) groups is 12. The molecule has 0 bridgehead atoms. The fourth-order valence-corrected chi connectivity index (χ4v) is 10.2. The van der Waals surface area contributed by atoms with Crippen LogP contribution in [0.3, 0.4) is 0 Å². The first-order valence-electron chi connectivity index (χ1n) is 28.5. The van der Waals surface area contributed by atoms with E-state index in [1.165, 1.54) is 21.6 Å². The van der Waals surface area contributed by atoms with E-state index < -0.39 is 151 Å². The van der Waals surface area contributed by atoms with Crippen LogP contribution in [-0.2, 0) is 64.0 Å². The highest BCUT2D eigenvalue weighted by molar-refractivity contribution is 7.98. The van der Waals surface area contributed by atoms with Crippen LogP contribution in [0.2, 0.25) is 0 Å². The Bertz CT molecular complexity index is 2450. The summed E-state index contributed by atoms with van der Waals surface area (Å²) in [6.07, 6.45) is 3.50. The van der Waals surface area contributed by atoms with Gasteiger partial charge in [-0.3, -0.25) is 62.5 Å². The molecule has 2 fully saturated rings. The number of unbranched alkanes of at least 4 members (excludes halogenated alkanes) is 1. The molecule has 2 heterocycles. The van der Waals surface area contributed by atoms with Crippen molar-refractivity contribution in [2.75, 3.05) is 44.7 Å². The van der Waals surface area contributed by atoms with Crippen LogP contribution in [0.1, 0.15) is 116 Å². The molecule has 0 radical (unpaired) electrons. The summed E-state index contributed by atoms with van der Waals surface area (Å²) in [5.41, 5.74) is 39.8. The van der Waals surface area contributed by atoms with Gasteiger partial charge in [-0.15, -0.1) is 0 Å². The number of amides is 12. The Hall–Kier alpha value is -7.60. The molecule has 9 atom stereocenters. The normalized spacial score (nSPS) is 17.2. The molecule has 468 valence electrons. The molecule has 30 heteroatoms. The van der Waals surface area contributed by atoms with E-state index in [1.54, 1.807) is 30.3 Å². The first kappa shape index (κ1) is 70.7. The van der Waals surface area contributed by atoms with Gasteiger partial charge >= 0.3 is 0 Å². The van der Waals surface area contributed by atoms with E-state index in [4.69, 9.17) is 40.1 Å². The third kappa shape index (κ3) is 24.7. The van der Waals surface area contributed by atoms with Crippen LogP contribution < -0.4 is 77.4 Å². The van der Waals surface area contributed by atoms with Crippen LogP contribution in [0.5, 0.6) is 0 Å². The largest absolute Gasteiger partial charge is 0.370 e. The minimum absolute atomic E-state index is 0.0893. The highest BCUT2D eigenvalue weighted by Gasteiger charge is 2.42. The molecule has 1 unspecified atom stereocenters. The number of nitrogens with one attached hydrogen (secondary N) is 7. The third-order valence-electron chi connectivity index (χ3n) is 14.1. The molecule has 29 nitrogen and oxygen atoms in total. The Morgan fingerprint density at radius 1 is 0.607 bits per heavy atom. The topological polar surface area (TPSA) is 490 Å². The zero-order valence-corrected chi connectivity index (χ0v) is 49.2. The van der Waals surface area contributed by atoms with Crippen molar-refractivity contribution in [1.82, 2.24) is 47.0 Å². The number of hydrogen-bond donors (Lipinski definition) is 14. The van der Waals surface area contributed by atoms with Crippen molar-refractivity contribution < 1.29 is 57.5 Å². The molecule has 0 aliphatic carbocycles. The smallest absolute Gasteiger partial charge is 0.245 e. The minimum Gasteiger partial charge on any atom is -0.370 e. The predicted octanol–water partition coefficient (Wildman–Crippen LogP) is -4.44. The second kappa shape index (κ2) is 36.9. The van der Waals surface area contributed by atoms with Gasteiger partial charge in [-0.25, -0.2) is 0 Å². The molecule has 0 spiro atoms. The van der Waals surface area contributed by atoms with Crippen molar-refractivity contribution in [1.29, 1.82) is 0 Å². The molecular formula is C54H89N17O12S. The molecule has 12 amide bonds. The quantitative estimate of drug-likeness (QED) is 0.0169. The maximum Gasteiger partial charge on any atom is 0.245 e. The Balaban J connectivity index is 1.83. The van der Waals surface area contributed by atoms with E-state index in [1.807, 2.05) is 20.1 Å². The van der Waals surface area contributed by atoms with Gasteiger partial charge in [0.25, 0.3) is 0 Å². The van der Waals surface area contributed by atoms with Gasteiger partial charge < -0.3 is 87.2 Å². The number of nitrogens with two attached hydrogens (primary N) is 7. The lowest BCUT2D eigenvalue weighted by atomic mass is 10.0. The summed E-state index contributed by atoms with van der Waals surface area (Å²) in [7, 11) is 0. The number of primary amides is 3. The SMILES string of the molecule is CSCC[C@H](NC(=O)[C@H](CC(C)C)NC(=O)CNC(=O)[C@H](Cc1ccccc1)NC(=O)[C@H](CCC(N)=O)NC(=O)[C@H](CCC(N)=O)NC(=O)[C@@H]1CCCN1C(=O)[C@H](CCCCN)NC(=O)[C@@H]1CCCN1C(=O)C(N)CCCN=C(N)N)C(N)=O. The highest BCUT2D eigenvalue weighted by atomic mass is 32.2. The molecule has 2 saturated heterocycles. The summed E-state index contributed by atoms with van der Waals surface area (Å²) in [6.45, 7) is 3.89. The Kier molecular flexibility index (Phi) is 31.0. The first-order valence-corrected chi connectivity index (χ1v) is 29.9. The molecule has 0 saturated carbocycles. The van der Waals surface area contributed by atoms with E-state index in [2.05, 4.69) is 42.2 Å². The summed E-state index contributed by atoms with van der Waals surface area (Å²) >= 11 is 1.45. The van der Waals surface area contributed by atoms with Gasteiger partial charge in [0.2, 0.25) is 70.9 Å². The van der Waals surface area contributed by atoms with E-state index in [9.17, 15) is 57.5 Å². The van der Waals surface area contributed by atoms with E-state index in [0.29, 0.717) is 56.4 Å². The summed E-state index contributed by atoms with van der Waals surface area (Å²) in [5.74, 6) is -8.81. The lowest BCUT2D eigenvalue weighted by Crippen LogP contribution is -2.60. The highest BCUT2D eigenvalue weighted by Crippen LogP contribution is 2.23. The van der Waals surface area contributed by atoms with Crippen LogP contribution in [0, 0.1) is 5.92 Å². The van der Waals surface area contributed by atoms with Gasteiger partial charge in [0.05, 0.1) is 12.6 Å². The fourth-order valence-electron chi connectivity index (χ4n) is 9.70. The van der Waals surface area contributed by atoms with Crippen molar-refractivity contribution in [3.63, 3.8) is 0 Å². The summed E-state index contributed by atoms with van der Waals surface area (Å²) in [4.78, 5) is 168. The van der Waals surface area contributed by atoms with Crippen molar-refractivity contribution in [2.45, 2.75) is 171 Å². The summed E-state index contributed by atoms with van der Waals surface area (Å²) in [6, 6.07) is -2.40. The van der Waals surface area contributed by atoms with Crippen LogP contribution in [-0.4, -0.2) is 186 Å². The van der Waals surface area contributed by atoms with Crippen molar-refractivity contribution >= 4 is 88.6 Å². The number of carbonyl (C=O) groups excluding carboxylic acids is 12. The number of benzene rings is 1. The standard InChI is InChI=1S/C54H89N17O12S/c1-31(2)28-38(49(79)65-34(45(59)75)22-27-84-3)64-44(74)30-63-46(76)39(29-32-12-5-4-6-13-32)69-48(78)35(18-20-42(57)72)66-47(77)36(19-21-43(58)73)67-50(80)41-17-11-26-71(41)53(83)37(15-7-8-23-55)68-51(81)40-16-10-25-70(40)52(82)33(56)14-9-24-62-54(60)61/h4-6,12-13,31,33-41H,7-11,14-30,55-56H2,1-3H3,(H2,57,72)(H2,58,73)(H2,59,75)(H,63,76)(H,64,74)(H,65,79)(H,66,77)(H,67,80)(H,68,81)(H,69,78)(H4,60,61,62)/t33?,34-,35-,36-,37-,38-,39-,40-,41-/m0/s1. The van der Waals surface area contributed by atoms with Crippen molar-refractivity contribution in [3.8, 4) is 0 Å².